The molecule has 6 heteroatoms. The zero-order valence-electron chi connectivity index (χ0n) is 11.3. The zero-order valence-corrected chi connectivity index (χ0v) is 11.3. The molecule has 1 amide bonds. The summed E-state index contributed by atoms with van der Waals surface area (Å²) in [5.74, 6) is -1.98. The van der Waals surface area contributed by atoms with Crippen molar-refractivity contribution in [3.63, 3.8) is 0 Å². The van der Waals surface area contributed by atoms with Crippen LogP contribution >= 0.6 is 0 Å². The molecule has 1 heterocycles. The van der Waals surface area contributed by atoms with Gasteiger partial charge in [0.15, 0.2) is 0 Å². The normalized spacial score (nSPS) is 10.2. The number of halogens is 1. The van der Waals surface area contributed by atoms with Gasteiger partial charge in [0.25, 0.3) is 5.91 Å². The summed E-state index contributed by atoms with van der Waals surface area (Å²) in [4.78, 5) is 26.4. The molecule has 1 aromatic carbocycles. The van der Waals surface area contributed by atoms with Gasteiger partial charge in [0.1, 0.15) is 11.5 Å². The number of nitrogens with zero attached hydrogens (tertiary/aromatic N) is 1. The van der Waals surface area contributed by atoms with E-state index in [2.05, 4.69) is 10.3 Å². The summed E-state index contributed by atoms with van der Waals surface area (Å²) in [5.41, 5.74) is 1.53. The lowest BCUT2D eigenvalue weighted by Gasteiger charge is -2.08. The van der Waals surface area contributed by atoms with Crippen molar-refractivity contribution in [3.8, 4) is 0 Å². The molecule has 0 aliphatic rings. The highest BCUT2D eigenvalue weighted by molar-refractivity contribution is 5.95. The molecule has 0 saturated carbocycles. The highest BCUT2D eigenvalue weighted by Crippen LogP contribution is 2.10. The molecule has 0 fully saturated rings. The number of carboxylic acid groups (broad SMARTS) is 1. The molecule has 2 rings (SSSR count). The molecule has 5 nitrogen and oxygen atoms in total. The van der Waals surface area contributed by atoms with E-state index in [1.807, 2.05) is 0 Å². The molecular formula is C15H13FN2O3. The van der Waals surface area contributed by atoms with Gasteiger partial charge in [-0.1, -0.05) is 12.1 Å². The number of nitrogens with one attached hydrogen (secondary N) is 1. The van der Waals surface area contributed by atoms with Gasteiger partial charge in [0.05, 0.1) is 0 Å². The third-order valence-electron chi connectivity index (χ3n) is 2.94. The molecule has 0 atom stereocenters. The molecule has 0 bridgehead atoms. The number of rotatable bonds is 4. The van der Waals surface area contributed by atoms with E-state index in [0.29, 0.717) is 11.1 Å². The Hall–Kier alpha value is -2.76. The highest BCUT2D eigenvalue weighted by atomic mass is 19.1. The van der Waals surface area contributed by atoms with Crippen molar-refractivity contribution in [2.45, 2.75) is 13.5 Å². The fraction of sp³-hybridized carbons (Fsp3) is 0.133. The maximum absolute atomic E-state index is 13.1. The third-order valence-corrected chi connectivity index (χ3v) is 2.94. The second-order valence-corrected chi connectivity index (χ2v) is 4.50. The number of hydrogen-bond acceptors (Lipinski definition) is 3. The lowest BCUT2D eigenvalue weighted by Crippen LogP contribution is -2.24. The largest absolute Gasteiger partial charge is 0.477 e. The van der Waals surface area contributed by atoms with Crippen LogP contribution < -0.4 is 5.32 Å². The molecule has 0 saturated heterocycles. The minimum atomic E-state index is -1.11. The molecule has 2 aromatic rings. The molecule has 0 spiro atoms. The first kappa shape index (κ1) is 14.6. The molecule has 0 unspecified atom stereocenters. The number of benzene rings is 1. The molecule has 0 radical (unpaired) electrons. The van der Waals surface area contributed by atoms with Crippen molar-refractivity contribution in [1.29, 1.82) is 0 Å². The van der Waals surface area contributed by atoms with E-state index in [4.69, 9.17) is 5.11 Å². The predicted molar refractivity (Wildman–Crippen MR) is 73.5 cm³/mol. The van der Waals surface area contributed by atoms with Gasteiger partial charge < -0.3 is 10.4 Å². The van der Waals surface area contributed by atoms with Crippen LogP contribution in [0.3, 0.4) is 0 Å². The van der Waals surface area contributed by atoms with Gasteiger partial charge in [0, 0.05) is 18.3 Å². The number of aryl methyl sites for hydroxylation is 1. The zero-order chi connectivity index (χ0) is 15.4. The summed E-state index contributed by atoms with van der Waals surface area (Å²) in [6.45, 7) is 1.90. The SMILES string of the molecule is Cc1ccc(F)cc1C(=O)NCc1ccc(C(=O)O)nc1. The fourth-order valence-corrected chi connectivity index (χ4v) is 1.77. The fourth-order valence-electron chi connectivity index (χ4n) is 1.77. The lowest BCUT2D eigenvalue weighted by molar-refractivity contribution is 0.0690. The van der Waals surface area contributed by atoms with Gasteiger partial charge in [-0.3, -0.25) is 4.79 Å². The van der Waals surface area contributed by atoms with Gasteiger partial charge in [-0.05, 0) is 36.2 Å². The van der Waals surface area contributed by atoms with Crippen LogP contribution in [0.2, 0.25) is 0 Å². The number of pyridine rings is 1. The van der Waals surface area contributed by atoms with Crippen LogP contribution in [0.4, 0.5) is 4.39 Å². The first-order valence-corrected chi connectivity index (χ1v) is 6.20. The molecule has 108 valence electrons. The average molecular weight is 288 g/mol. The third kappa shape index (κ3) is 3.62. The topological polar surface area (TPSA) is 79.3 Å². The first-order chi connectivity index (χ1) is 9.97. The number of aromatic carboxylic acids is 1. The van der Waals surface area contributed by atoms with Crippen molar-refractivity contribution in [2.75, 3.05) is 0 Å². The predicted octanol–water partition coefficient (Wildman–Crippen LogP) is 2.16. The minimum Gasteiger partial charge on any atom is -0.477 e. The van der Waals surface area contributed by atoms with E-state index in [1.165, 1.54) is 30.5 Å². The molecule has 0 aliphatic heterocycles. The maximum Gasteiger partial charge on any atom is 0.354 e. The Labute approximate surface area is 120 Å². The quantitative estimate of drug-likeness (QED) is 0.903. The van der Waals surface area contributed by atoms with Crippen LogP contribution in [0.25, 0.3) is 0 Å². The maximum atomic E-state index is 13.1. The van der Waals surface area contributed by atoms with Crippen molar-refractivity contribution in [1.82, 2.24) is 10.3 Å². The smallest absolute Gasteiger partial charge is 0.354 e. The Morgan fingerprint density at radius 2 is 2.05 bits per heavy atom. The van der Waals surface area contributed by atoms with E-state index < -0.39 is 17.7 Å². The van der Waals surface area contributed by atoms with Crippen molar-refractivity contribution < 1.29 is 19.1 Å². The summed E-state index contributed by atoms with van der Waals surface area (Å²) >= 11 is 0. The first-order valence-electron chi connectivity index (χ1n) is 6.20. The van der Waals surface area contributed by atoms with E-state index in [-0.39, 0.29) is 17.8 Å². The van der Waals surface area contributed by atoms with Crippen molar-refractivity contribution >= 4 is 11.9 Å². The summed E-state index contributed by atoms with van der Waals surface area (Å²) in [5, 5.41) is 11.4. The second-order valence-electron chi connectivity index (χ2n) is 4.50. The van der Waals surface area contributed by atoms with Crippen molar-refractivity contribution in [3.05, 3.63) is 64.7 Å². The Balaban J connectivity index is 2.04. The lowest BCUT2D eigenvalue weighted by atomic mass is 10.1. The summed E-state index contributed by atoms with van der Waals surface area (Å²) in [6, 6.07) is 6.93. The minimum absolute atomic E-state index is 0.0638. The molecule has 21 heavy (non-hydrogen) atoms. The van der Waals surface area contributed by atoms with Gasteiger partial charge in [-0.15, -0.1) is 0 Å². The van der Waals surface area contributed by atoms with Crippen LogP contribution in [0, 0.1) is 12.7 Å². The van der Waals surface area contributed by atoms with E-state index in [1.54, 1.807) is 13.0 Å². The number of aromatic nitrogens is 1. The number of amides is 1. The molecule has 1 aromatic heterocycles. The van der Waals surface area contributed by atoms with Crippen LogP contribution in [-0.4, -0.2) is 22.0 Å². The van der Waals surface area contributed by atoms with Gasteiger partial charge in [0.2, 0.25) is 0 Å². The Morgan fingerprint density at radius 3 is 2.67 bits per heavy atom. The number of hydrogen-bond donors (Lipinski definition) is 2. The summed E-state index contributed by atoms with van der Waals surface area (Å²) < 4.78 is 13.1. The van der Waals surface area contributed by atoms with Crippen LogP contribution in [0.15, 0.2) is 36.5 Å². The Bertz CT molecular complexity index is 684. The van der Waals surface area contributed by atoms with Crippen molar-refractivity contribution in [2.24, 2.45) is 0 Å². The van der Waals surface area contributed by atoms with Gasteiger partial charge in [-0.2, -0.15) is 0 Å². The number of carbonyl (C=O) groups excluding carboxylic acids is 1. The van der Waals surface area contributed by atoms with E-state index in [9.17, 15) is 14.0 Å². The number of carbonyl (C=O) groups is 2. The van der Waals surface area contributed by atoms with Crippen LogP contribution in [0.1, 0.15) is 32.0 Å². The Kier molecular flexibility index (Phi) is 4.27. The van der Waals surface area contributed by atoms with E-state index in [0.717, 1.165) is 0 Å². The summed E-state index contributed by atoms with van der Waals surface area (Å²) in [7, 11) is 0. The highest BCUT2D eigenvalue weighted by Gasteiger charge is 2.10. The molecule has 2 N–H and O–H groups in total. The standard InChI is InChI=1S/C15H13FN2O3/c1-9-2-4-11(16)6-12(9)14(19)18-8-10-3-5-13(15(20)21)17-7-10/h2-7H,8H2,1H3,(H,18,19)(H,20,21). The van der Waals surface area contributed by atoms with Gasteiger partial charge in [-0.25, -0.2) is 14.2 Å². The second kappa shape index (κ2) is 6.13. The molecular weight excluding hydrogens is 275 g/mol. The number of carboxylic acids is 1. The van der Waals surface area contributed by atoms with Crippen LogP contribution in [0.5, 0.6) is 0 Å². The summed E-state index contributed by atoms with van der Waals surface area (Å²) in [6.07, 6.45) is 1.38. The van der Waals surface area contributed by atoms with E-state index >= 15 is 0 Å². The van der Waals surface area contributed by atoms with Crippen LogP contribution in [-0.2, 0) is 6.54 Å². The van der Waals surface area contributed by atoms with Gasteiger partial charge >= 0.3 is 5.97 Å². The average Bonchev–Trinajstić information content (AvgIpc) is 2.47. The Morgan fingerprint density at radius 1 is 1.29 bits per heavy atom. The molecule has 0 aliphatic carbocycles. The monoisotopic (exact) mass is 288 g/mol.